The van der Waals surface area contributed by atoms with Crippen LogP contribution in [0.25, 0.3) is 0 Å². The first-order chi connectivity index (χ1) is 7.72. The van der Waals surface area contributed by atoms with Crippen LogP contribution in [-0.2, 0) is 0 Å². The zero-order valence-corrected chi connectivity index (χ0v) is 11.0. The molecule has 1 atom stereocenters. The number of halogens is 1. The second-order valence-corrected chi connectivity index (χ2v) is 5.57. The van der Waals surface area contributed by atoms with E-state index in [2.05, 4.69) is 0 Å². The maximum atomic E-state index is 12.2. The van der Waals surface area contributed by atoms with Crippen molar-refractivity contribution in [2.24, 2.45) is 5.92 Å². The molecule has 1 aliphatic rings. The van der Waals surface area contributed by atoms with Crippen LogP contribution in [0.15, 0.2) is 11.4 Å². The van der Waals surface area contributed by atoms with Crippen molar-refractivity contribution >= 4 is 28.8 Å². The van der Waals surface area contributed by atoms with E-state index >= 15 is 0 Å². The lowest BCUT2D eigenvalue weighted by molar-refractivity contribution is 0.0689. The number of hydrogen-bond donors (Lipinski definition) is 0. The molecule has 0 aromatic carbocycles. The standard InChI is InChI=1S/C12H16ClNOS/c1-9-4-6-16-11(9)12(15)14-5-2-3-10(7-13)8-14/h4,6,10H,2-3,5,7-8H2,1H3. The second kappa shape index (κ2) is 5.19. The smallest absolute Gasteiger partial charge is 0.264 e. The van der Waals surface area contributed by atoms with E-state index in [1.54, 1.807) is 0 Å². The molecule has 88 valence electrons. The van der Waals surface area contributed by atoms with Crippen molar-refractivity contribution in [2.45, 2.75) is 19.8 Å². The molecule has 0 N–H and O–H groups in total. The van der Waals surface area contributed by atoms with E-state index in [9.17, 15) is 4.79 Å². The van der Waals surface area contributed by atoms with E-state index in [-0.39, 0.29) is 5.91 Å². The Bertz CT molecular complexity index is 377. The fraction of sp³-hybridized carbons (Fsp3) is 0.583. The van der Waals surface area contributed by atoms with Gasteiger partial charge in [0.05, 0.1) is 4.88 Å². The van der Waals surface area contributed by atoms with Gasteiger partial charge in [0, 0.05) is 19.0 Å². The van der Waals surface area contributed by atoms with Gasteiger partial charge in [-0.3, -0.25) is 4.79 Å². The van der Waals surface area contributed by atoms with E-state index in [0.717, 1.165) is 36.4 Å². The Kier molecular flexibility index (Phi) is 3.87. The van der Waals surface area contributed by atoms with Gasteiger partial charge in [0.25, 0.3) is 5.91 Å². The first-order valence-corrected chi connectivity index (χ1v) is 7.03. The van der Waals surface area contributed by atoms with Crippen molar-refractivity contribution in [3.63, 3.8) is 0 Å². The minimum Gasteiger partial charge on any atom is -0.338 e. The third-order valence-electron chi connectivity index (χ3n) is 3.08. The molecule has 0 spiro atoms. The van der Waals surface area contributed by atoms with Gasteiger partial charge in [0.1, 0.15) is 0 Å². The fourth-order valence-electron chi connectivity index (χ4n) is 2.11. The molecule has 2 heterocycles. The largest absolute Gasteiger partial charge is 0.338 e. The molecular formula is C12H16ClNOS. The predicted molar refractivity (Wildman–Crippen MR) is 68.4 cm³/mol. The molecule has 2 rings (SSSR count). The normalized spacial score (nSPS) is 21.1. The Morgan fingerprint density at radius 2 is 2.50 bits per heavy atom. The monoisotopic (exact) mass is 257 g/mol. The van der Waals surface area contributed by atoms with Crippen LogP contribution in [0, 0.1) is 12.8 Å². The van der Waals surface area contributed by atoms with Crippen LogP contribution in [0.3, 0.4) is 0 Å². The molecule has 1 aromatic rings. The minimum atomic E-state index is 0.183. The van der Waals surface area contributed by atoms with Crippen LogP contribution in [0.5, 0.6) is 0 Å². The lowest BCUT2D eigenvalue weighted by Gasteiger charge is -2.31. The second-order valence-electron chi connectivity index (χ2n) is 4.35. The van der Waals surface area contributed by atoms with Crippen LogP contribution in [0.2, 0.25) is 0 Å². The Morgan fingerprint density at radius 3 is 3.12 bits per heavy atom. The van der Waals surface area contributed by atoms with Crippen LogP contribution in [-0.4, -0.2) is 29.8 Å². The molecule has 0 radical (unpaired) electrons. The summed E-state index contributed by atoms with van der Waals surface area (Å²) >= 11 is 7.41. The highest BCUT2D eigenvalue weighted by Gasteiger charge is 2.25. The van der Waals surface area contributed by atoms with Gasteiger partial charge in [-0.25, -0.2) is 0 Å². The lowest BCUT2D eigenvalue weighted by atomic mass is 10.00. The van der Waals surface area contributed by atoms with E-state index in [4.69, 9.17) is 11.6 Å². The number of carbonyl (C=O) groups is 1. The highest BCUT2D eigenvalue weighted by Crippen LogP contribution is 2.23. The summed E-state index contributed by atoms with van der Waals surface area (Å²) in [4.78, 5) is 15.1. The Balaban J connectivity index is 2.07. The van der Waals surface area contributed by atoms with Gasteiger partial charge in [-0.1, -0.05) is 0 Å². The summed E-state index contributed by atoms with van der Waals surface area (Å²) < 4.78 is 0. The number of thiophene rings is 1. The van der Waals surface area contributed by atoms with Gasteiger partial charge in [0.15, 0.2) is 0 Å². The SMILES string of the molecule is Cc1ccsc1C(=O)N1CCCC(CCl)C1. The van der Waals surface area contributed by atoms with Gasteiger partial charge in [-0.2, -0.15) is 0 Å². The van der Waals surface area contributed by atoms with Crippen molar-refractivity contribution in [2.75, 3.05) is 19.0 Å². The summed E-state index contributed by atoms with van der Waals surface area (Å²) in [6, 6.07) is 2.00. The average molecular weight is 258 g/mol. The average Bonchev–Trinajstić information content (AvgIpc) is 2.74. The molecule has 1 aromatic heterocycles. The molecular weight excluding hydrogens is 242 g/mol. The molecule has 16 heavy (non-hydrogen) atoms. The molecule has 1 aliphatic heterocycles. The maximum absolute atomic E-state index is 12.2. The van der Waals surface area contributed by atoms with Crippen molar-refractivity contribution < 1.29 is 4.79 Å². The summed E-state index contributed by atoms with van der Waals surface area (Å²) in [5.41, 5.74) is 1.09. The van der Waals surface area contributed by atoms with Crippen molar-refractivity contribution in [1.82, 2.24) is 4.90 Å². The maximum Gasteiger partial charge on any atom is 0.264 e. The third-order valence-corrected chi connectivity index (χ3v) is 4.52. The fourth-order valence-corrected chi connectivity index (χ4v) is 3.25. The van der Waals surface area contributed by atoms with Gasteiger partial charge in [-0.05, 0) is 42.7 Å². The number of rotatable bonds is 2. The van der Waals surface area contributed by atoms with E-state index < -0.39 is 0 Å². The zero-order valence-electron chi connectivity index (χ0n) is 9.41. The van der Waals surface area contributed by atoms with Crippen LogP contribution in [0.1, 0.15) is 28.1 Å². The summed E-state index contributed by atoms with van der Waals surface area (Å²) in [6.45, 7) is 3.69. The number of aryl methyl sites for hydroxylation is 1. The number of alkyl halides is 1. The highest BCUT2D eigenvalue weighted by molar-refractivity contribution is 7.12. The topological polar surface area (TPSA) is 20.3 Å². The molecule has 0 saturated carbocycles. The minimum absolute atomic E-state index is 0.183. The highest BCUT2D eigenvalue weighted by atomic mass is 35.5. The molecule has 0 aliphatic carbocycles. The molecule has 0 bridgehead atoms. The Hall–Kier alpha value is -0.540. The van der Waals surface area contributed by atoms with Gasteiger partial charge < -0.3 is 4.90 Å². The van der Waals surface area contributed by atoms with Crippen molar-refractivity contribution in [3.8, 4) is 0 Å². The van der Waals surface area contributed by atoms with E-state index in [0.29, 0.717) is 11.8 Å². The number of hydrogen-bond acceptors (Lipinski definition) is 2. The van der Waals surface area contributed by atoms with Crippen LogP contribution in [0.4, 0.5) is 0 Å². The number of carbonyl (C=O) groups excluding carboxylic acids is 1. The quantitative estimate of drug-likeness (QED) is 0.746. The van der Waals surface area contributed by atoms with Gasteiger partial charge >= 0.3 is 0 Å². The number of amides is 1. The molecule has 1 saturated heterocycles. The van der Waals surface area contributed by atoms with Gasteiger partial charge in [-0.15, -0.1) is 22.9 Å². The first-order valence-electron chi connectivity index (χ1n) is 5.61. The first kappa shape index (κ1) is 11.9. The molecule has 2 nitrogen and oxygen atoms in total. The summed E-state index contributed by atoms with van der Waals surface area (Å²) in [6.07, 6.45) is 2.23. The van der Waals surface area contributed by atoms with Gasteiger partial charge in [0.2, 0.25) is 0 Å². The van der Waals surface area contributed by atoms with Crippen molar-refractivity contribution in [3.05, 3.63) is 21.9 Å². The Morgan fingerprint density at radius 1 is 1.69 bits per heavy atom. The third kappa shape index (κ3) is 2.41. The van der Waals surface area contributed by atoms with E-state index in [1.165, 1.54) is 11.3 Å². The molecule has 1 fully saturated rings. The molecule has 1 unspecified atom stereocenters. The summed E-state index contributed by atoms with van der Waals surface area (Å²) in [7, 11) is 0. The Labute approximate surface area is 105 Å². The molecule has 4 heteroatoms. The molecule has 1 amide bonds. The zero-order chi connectivity index (χ0) is 11.5. The van der Waals surface area contributed by atoms with Crippen LogP contribution < -0.4 is 0 Å². The number of likely N-dealkylation sites (tertiary alicyclic amines) is 1. The predicted octanol–water partition coefficient (Wildman–Crippen LogP) is 3.15. The van der Waals surface area contributed by atoms with E-state index in [1.807, 2.05) is 23.3 Å². The summed E-state index contributed by atoms with van der Waals surface area (Å²) in [5.74, 6) is 1.31. The number of piperidine rings is 1. The number of nitrogens with zero attached hydrogens (tertiary/aromatic N) is 1. The van der Waals surface area contributed by atoms with Crippen molar-refractivity contribution in [1.29, 1.82) is 0 Å². The van der Waals surface area contributed by atoms with Crippen LogP contribution >= 0.6 is 22.9 Å². The lowest BCUT2D eigenvalue weighted by Crippen LogP contribution is -2.40. The summed E-state index contributed by atoms with van der Waals surface area (Å²) in [5, 5.41) is 1.98.